The molecule has 3 heteroatoms. The maximum Gasteiger partial charge on any atom is 0.148 e. The fourth-order valence-electron chi connectivity index (χ4n) is 2.43. The van der Waals surface area contributed by atoms with Crippen LogP contribution in [-0.2, 0) is 4.74 Å². The van der Waals surface area contributed by atoms with Crippen molar-refractivity contribution in [3.8, 4) is 0 Å². The molecule has 0 N–H and O–H groups in total. The Bertz CT molecular complexity index is 202. The zero-order valence-electron chi connectivity index (χ0n) is 9.93. The van der Waals surface area contributed by atoms with Gasteiger partial charge in [0.15, 0.2) is 0 Å². The van der Waals surface area contributed by atoms with Gasteiger partial charge in [-0.3, -0.25) is 4.90 Å². The normalized spacial score (nSPS) is 35.1. The second-order valence-corrected chi connectivity index (χ2v) is 5.44. The van der Waals surface area contributed by atoms with Gasteiger partial charge in [-0.05, 0) is 27.7 Å². The van der Waals surface area contributed by atoms with Crippen LogP contribution in [0, 0.1) is 0 Å². The van der Waals surface area contributed by atoms with Crippen LogP contribution in [0.15, 0.2) is 0 Å². The number of likely N-dealkylation sites (tertiary alicyclic amines) is 1. The van der Waals surface area contributed by atoms with E-state index in [1.54, 1.807) is 7.11 Å². The van der Waals surface area contributed by atoms with Crippen molar-refractivity contribution in [2.75, 3.05) is 20.3 Å². The third-order valence-electron chi connectivity index (χ3n) is 2.91. The molecule has 14 heavy (non-hydrogen) atoms. The van der Waals surface area contributed by atoms with Crippen molar-refractivity contribution < 1.29 is 9.13 Å². The Kier molecular flexibility index (Phi) is 3.22. The van der Waals surface area contributed by atoms with Gasteiger partial charge in [0.25, 0.3) is 0 Å². The van der Waals surface area contributed by atoms with Gasteiger partial charge in [0.05, 0.1) is 6.61 Å². The van der Waals surface area contributed by atoms with Gasteiger partial charge in [-0.25, -0.2) is 4.39 Å². The Morgan fingerprint density at radius 2 is 2.07 bits per heavy atom. The molecule has 0 aromatic carbocycles. The van der Waals surface area contributed by atoms with Crippen LogP contribution in [0.3, 0.4) is 0 Å². The quantitative estimate of drug-likeness (QED) is 0.682. The molecule has 84 valence electrons. The summed E-state index contributed by atoms with van der Waals surface area (Å²) in [5.41, 5.74) is -1.11. The van der Waals surface area contributed by atoms with E-state index in [0.29, 0.717) is 19.0 Å². The first kappa shape index (κ1) is 11.9. The molecule has 2 nitrogen and oxygen atoms in total. The minimum absolute atomic E-state index is 0.0427. The van der Waals surface area contributed by atoms with Gasteiger partial charge in [0.1, 0.15) is 5.67 Å². The molecule has 1 rings (SSSR count). The standard InChI is InChI=1S/C11H22FNO/c1-9-6-11(12,8-14-5)7-13(9)10(2,3)4/h9H,6-8H2,1-5H3/t9-,11+/m1/s1. The van der Waals surface area contributed by atoms with Crippen molar-refractivity contribution in [2.24, 2.45) is 0 Å². The van der Waals surface area contributed by atoms with Crippen LogP contribution in [0.4, 0.5) is 4.39 Å². The van der Waals surface area contributed by atoms with Crippen molar-refractivity contribution in [3.63, 3.8) is 0 Å². The van der Waals surface area contributed by atoms with E-state index in [9.17, 15) is 4.39 Å². The molecule has 0 aromatic rings. The molecule has 0 aromatic heterocycles. The van der Waals surface area contributed by atoms with Crippen molar-refractivity contribution in [2.45, 2.75) is 51.4 Å². The zero-order chi connectivity index (χ0) is 11.0. The summed E-state index contributed by atoms with van der Waals surface area (Å²) >= 11 is 0. The highest BCUT2D eigenvalue weighted by atomic mass is 19.1. The molecular formula is C11H22FNO. The molecule has 0 spiro atoms. The second-order valence-electron chi connectivity index (χ2n) is 5.44. The Labute approximate surface area is 86.4 Å². The molecule has 2 atom stereocenters. The van der Waals surface area contributed by atoms with Crippen LogP contribution in [-0.4, -0.2) is 42.4 Å². The number of methoxy groups -OCH3 is 1. The lowest BCUT2D eigenvalue weighted by Gasteiger charge is -2.35. The second kappa shape index (κ2) is 3.78. The van der Waals surface area contributed by atoms with E-state index in [1.165, 1.54) is 0 Å². The van der Waals surface area contributed by atoms with Crippen LogP contribution in [0.25, 0.3) is 0 Å². The molecular weight excluding hydrogens is 181 g/mol. The zero-order valence-corrected chi connectivity index (χ0v) is 9.93. The molecule has 1 aliphatic rings. The highest BCUT2D eigenvalue weighted by molar-refractivity contribution is 4.99. The van der Waals surface area contributed by atoms with Crippen LogP contribution in [0.5, 0.6) is 0 Å². The fourth-order valence-corrected chi connectivity index (χ4v) is 2.43. The van der Waals surface area contributed by atoms with Gasteiger partial charge in [-0.2, -0.15) is 0 Å². The first-order valence-electron chi connectivity index (χ1n) is 5.23. The van der Waals surface area contributed by atoms with Crippen molar-refractivity contribution in [1.82, 2.24) is 4.90 Å². The van der Waals surface area contributed by atoms with E-state index >= 15 is 0 Å². The van der Waals surface area contributed by atoms with Crippen LogP contribution >= 0.6 is 0 Å². The number of hydrogen-bond acceptors (Lipinski definition) is 2. The average molecular weight is 203 g/mol. The topological polar surface area (TPSA) is 12.5 Å². The highest BCUT2D eigenvalue weighted by Crippen LogP contribution is 2.35. The fraction of sp³-hybridized carbons (Fsp3) is 1.00. The van der Waals surface area contributed by atoms with Gasteiger partial charge in [-0.1, -0.05) is 0 Å². The lowest BCUT2D eigenvalue weighted by Crippen LogP contribution is -2.45. The van der Waals surface area contributed by atoms with Crippen LogP contribution in [0.1, 0.15) is 34.1 Å². The predicted octanol–water partition coefficient (Wildman–Crippen LogP) is 2.23. The van der Waals surface area contributed by atoms with Gasteiger partial charge < -0.3 is 4.74 Å². The highest BCUT2D eigenvalue weighted by Gasteiger charge is 2.46. The monoisotopic (exact) mass is 203 g/mol. The van der Waals surface area contributed by atoms with E-state index in [0.717, 1.165) is 0 Å². The van der Waals surface area contributed by atoms with E-state index in [1.807, 2.05) is 0 Å². The molecule has 0 radical (unpaired) electrons. The molecule has 0 unspecified atom stereocenters. The van der Waals surface area contributed by atoms with Crippen molar-refractivity contribution >= 4 is 0 Å². The largest absolute Gasteiger partial charge is 0.381 e. The molecule has 1 heterocycles. The summed E-state index contributed by atoms with van der Waals surface area (Å²) in [6, 6.07) is 0.301. The van der Waals surface area contributed by atoms with E-state index < -0.39 is 5.67 Å². The number of alkyl halides is 1. The minimum Gasteiger partial charge on any atom is -0.381 e. The van der Waals surface area contributed by atoms with E-state index in [-0.39, 0.29) is 12.1 Å². The number of halogens is 1. The Morgan fingerprint density at radius 1 is 1.50 bits per heavy atom. The number of hydrogen-bond donors (Lipinski definition) is 0. The lowest BCUT2D eigenvalue weighted by atomic mass is 10.0. The molecule has 1 saturated heterocycles. The summed E-state index contributed by atoms with van der Waals surface area (Å²) in [7, 11) is 1.56. The smallest absolute Gasteiger partial charge is 0.148 e. The van der Waals surface area contributed by atoms with Crippen LogP contribution < -0.4 is 0 Å². The summed E-state index contributed by atoms with van der Waals surface area (Å²) in [4.78, 5) is 2.21. The molecule has 0 saturated carbocycles. The maximum atomic E-state index is 14.2. The number of ether oxygens (including phenoxy) is 1. The first-order chi connectivity index (χ1) is 6.28. The lowest BCUT2D eigenvalue weighted by molar-refractivity contribution is 0.0366. The summed E-state index contributed by atoms with van der Waals surface area (Å²) in [6.45, 7) is 9.17. The van der Waals surface area contributed by atoms with E-state index in [4.69, 9.17) is 4.74 Å². The Morgan fingerprint density at radius 3 is 2.43 bits per heavy atom. The van der Waals surface area contributed by atoms with Gasteiger partial charge in [0, 0.05) is 31.7 Å². The molecule has 0 aliphatic carbocycles. The summed E-state index contributed by atoms with van der Waals surface area (Å²) in [5, 5.41) is 0. The third kappa shape index (κ3) is 2.45. The number of rotatable bonds is 2. The van der Waals surface area contributed by atoms with Gasteiger partial charge in [-0.15, -0.1) is 0 Å². The van der Waals surface area contributed by atoms with Gasteiger partial charge in [0.2, 0.25) is 0 Å². The molecule has 0 bridgehead atoms. The third-order valence-corrected chi connectivity index (χ3v) is 2.91. The number of nitrogens with zero attached hydrogens (tertiary/aromatic N) is 1. The van der Waals surface area contributed by atoms with Gasteiger partial charge >= 0.3 is 0 Å². The predicted molar refractivity (Wildman–Crippen MR) is 56.3 cm³/mol. The van der Waals surface area contributed by atoms with Crippen LogP contribution in [0.2, 0.25) is 0 Å². The summed E-state index contributed by atoms with van der Waals surface area (Å²) in [6.07, 6.45) is 0.581. The van der Waals surface area contributed by atoms with E-state index in [2.05, 4.69) is 32.6 Å². The SMILES string of the molecule is COC[C@]1(F)C[C@@H](C)N(C(C)(C)C)C1. The maximum absolute atomic E-state index is 14.2. The average Bonchev–Trinajstić information content (AvgIpc) is 2.26. The van der Waals surface area contributed by atoms with Crippen molar-refractivity contribution in [1.29, 1.82) is 0 Å². The van der Waals surface area contributed by atoms with Crippen molar-refractivity contribution in [3.05, 3.63) is 0 Å². The molecule has 1 fully saturated rings. The molecule has 0 amide bonds. The summed E-state index contributed by atoms with van der Waals surface area (Å²) in [5.74, 6) is 0. The Hall–Kier alpha value is -0.150. The summed E-state index contributed by atoms with van der Waals surface area (Å²) < 4.78 is 19.1. The molecule has 1 aliphatic heterocycles. The first-order valence-corrected chi connectivity index (χ1v) is 5.23. The minimum atomic E-state index is -1.15. The Balaban J connectivity index is 2.68.